The Morgan fingerprint density at radius 2 is 1.63 bits per heavy atom. The summed E-state index contributed by atoms with van der Waals surface area (Å²) < 4.78 is 1.52. The van der Waals surface area contributed by atoms with Gasteiger partial charge in [0, 0.05) is 0 Å². The fourth-order valence-electron chi connectivity index (χ4n) is 3.03. The minimum atomic E-state index is -0.971. The van der Waals surface area contributed by atoms with Gasteiger partial charge in [-0.1, -0.05) is 24.3 Å². The van der Waals surface area contributed by atoms with Crippen LogP contribution in [0, 0.1) is 0 Å². The molecular formula is C19H15N5O3. The predicted octanol–water partition coefficient (Wildman–Crippen LogP) is 1.89. The van der Waals surface area contributed by atoms with Crippen LogP contribution in [-0.2, 0) is 4.79 Å². The van der Waals surface area contributed by atoms with E-state index in [-0.39, 0.29) is 0 Å². The van der Waals surface area contributed by atoms with Crippen LogP contribution >= 0.6 is 0 Å². The first-order valence-corrected chi connectivity index (χ1v) is 8.29. The number of hydrogen-bond donors (Lipinski definition) is 1. The summed E-state index contributed by atoms with van der Waals surface area (Å²) in [5.41, 5.74) is 1.74. The number of carbonyl (C=O) groups excluding carboxylic acids is 3. The van der Waals surface area contributed by atoms with Crippen molar-refractivity contribution in [2.24, 2.45) is 0 Å². The summed E-state index contributed by atoms with van der Waals surface area (Å²) in [7, 11) is 0. The Bertz CT molecular complexity index is 1010. The minimum absolute atomic E-state index is 0.310. The van der Waals surface area contributed by atoms with Crippen molar-refractivity contribution in [2.75, 3.05) is 5.32 Å². The van der Waals surface area contributed by atoms with Gasteiger partial charge in [-0.3, -0.25) is 19.3 Å². The predicted molar refractivity (Wildman–Crippen MR) is 96.4 cm³/mol. The summed E-state index contributed by atoms with van der Waals surface area (Å²) in [6, 6.07) is 12.6. The van der Waals surface area contributed by atoms with Gasteiger partial charge in [-0.2, -0.15) is 5.10 Å². The van der Waals surface area contributed by atoms with Gasteiger partial charge in [0.15, 0.2) is 0 Å². The van der Waals surface area contributed by atoms with Gasteiger partial charge in [0.25, 0.3) is 11.8 Å². The van der Waals surface area contributed by atoms with Crippen LogP contribution in [0.2, 0.25) is 0 Å². The van der Waals surface area contributed by atoms with Gasteiger partial charge in [-0.05, 0) is 31.2 Å². The van der Waals surface area contributed by atoms with Crippen molar-refractivity contribution in [3.8, 4) is 5.69 Å². The maximum absolute atomic E-state index is 12.8. The highest BCUT2D eigenvalue weighted by Gasteiger charge is 2.40. The Balaban J connectivity index is 1.59. The fraction of sp³-hybridized carbons (Fsp3) is 0.105. The van der Waals surface area contributed by atoms with E-state index in [1.807, 2.05) is 0 Å². The van der Waals surface area contributed by atoms with E-state index in [0.717, 1.165) is 4.90 Å². The third-order valence-electron chi connectivity index (χ3n) is 4.42. The number of hydrogen-bond acceptors (Lipinski definition) is 5. The highest BCUT2D eigenvalue weighted by atomic mass is 16.2. The smallest absolute Gasteiger partial charge is 0.262 e. The average Bonchev–Trinajstić information content (AvgIpc) is 3.30. The van der Waals surface area contributed by atoms with Gasteiger partial charge < -0.3 is 5.32 Å². The Labute approximate surface area is 154 Å². The van der Waals surface area contributed by atoms with Crippen LogP contribution < -0.4 is 5.32 Å². The lowest BCUT2D eigenvalue weighted by molar-refractivity contribution is -0.119. The first kappa shape index (κ1) is 16.6. The summed E-state index contributed by atoms with van der Waals surface area (Å²) in [4.78, 5) is 42.8. The normalized spacial score (nSPS) is 14.2. The van der Waals surface area contributed by atoms with Gasteiger partial charge >= 0.3 is 0 Å². The van der Waals surface area contributed by atoms with Crippen LogP contribution in [0.5, 0.6) is 0 Å². The Morgan fingerprint density at radius 1 is 1.00 bits per heavy atom. The highest BCUT2D eigenvalue weighted by Crippen LogP contribution is 2.25. The number of para-hydroxylation sites is 2. The Hall–Kier alpha value is -3.81. The first-order chi connectivity index (χ1) is 13.1. The molecule has 8 heteroatoms. The maximum atomic E-state index is 12.8. The number of rotatable bonds is 4. The Morgan fingerprint density at radius 3 is 2.26 bits per heavy atom. The molecule has 27 heavy (non-hydrogen) atoms. The van der Waals surface area contributed by atoms with Crippen molar-refractivity contribution in [3.63, 3.8) is 0 Å². The van der Waals surface area contributed by atoms with E-state index in [1.165, 1.54) is 24.3 Å². The molecule has 0 fully saturated rings. The number of anilines is 1. The number of aromatic nitrogens is 3. The summed E-state index contributed by atoms with van der Waals surface area (Å²) >= 11 is 0. The number of carbonyl (C=O) groups is 3. The van der Waals surface area contributed by atoms with Gasteiger partial charge in [-0.15, -0.1) is 0 Å². The number of nitrogens with zero attached hydrogens (tertiary/aromatic N) is 4. The molecule has 1 unspecified atom stereocenters. The zero-order valence-electron chi connectivity index (χ0n) is 14.4. The second-order valence-corrected chi connectivity index (χ2v) is 6.05. The third-order valence-corrected chi connectivity index (χ3v) is 4.42. The molecule has 0 spiro atoms. The second kappa shape index (κ2) is 6.49. The van der Waals surface area contributed by atoms with Crippen molar-refractivity contribution in [3.05, 3.63) is 72.3 Å². The van der Waals surface area contributed by atoms with Crippen molar-refractivity contribution in [2.45, 2.75) is 13.0 Å². The van der Waals surface area contributed by atoms with Crippen LogP contribution in [0.15, 0.2) is 61.2 Å². The average molecular weight is 361 g/mol. The number of amides is 3. The molecule has 0 bridgehead atoms. The molecule has 4 rings (SSSR count). The van der Waals surface area contributed by atoms with E-state index in [4.69, 9.17) is 0 Å². The van der Waals surface area contributed by atoms with Crippen LogP contribution in [0.25, 0.3) is 5.69 Å². The molecule has 2 aromatic carbocycles. The van der Waals surface area contributed by atoms with E-state index in [2.05, 4.69) is 15.4 Å². The molecule has 0 radical (unpaired) electrons. The van der Waals surface area contributed by atoms with Gasteiger partial charge in [0.05, 0.1) is 22.5 Å². The number of nitrogens with one attached hydrogen (secondary N) is 1. The largest absolute Gasteiger partial charge is 0.322 e. The minimum Gasteiger partial charge on any atom is -0.322 e. The topological polar surface area (TPSA) is 97.2 Å². The molecule has 134 valence electrons. The number of fused-ring (bicyclic) bond motifs is 1. The second-order valence-electron chi connectivity index (χ2n) is 6.05. The lowest BCUT2D eigenvalue weighted by Gasteiger charge is -2.22. The molecule has 1 aliphatic rings. The van der Waals surface area contributed by atoms with Crippen LogP contribution in [0.3, 0.4) is 0 Å². The lowest BCUT2D eigenvalue weighted by atomic mass is 10.1. The molecule has 2 heterocycles. The molecule has 1 atom stereocenters. The molecular weight excluding hydrogens is 346 g/mol. The quantitative estimate of drug-likeness (QED) is 0.716. The standard InChI is InChI=1S/C19H15N5O3/c1-12(24-18(26)13-6-2-3-7-14(13)19(24)27)17(25)22-15-8-4-5-9-16(15)23-11-20-10-21-23/h2-12H,1H3,(H,22,25). The zero-order chi connectivity index (χ0) is 19.0. The van der Waals surface area contributed by atoms with Crippen LogP contribution in [-0.4, -0.2) is 43.4 Å². The van der Waals surface area contributed by atoms with Crippen LogP contribution in [0.4, 0.5) is 5.69 Å². The zero-order valence-corrected chi connectivity index (χ0v) is 14.4. The van der Waals surface area contributed by atoms with E-state index < -0.39 is 23.8 Å². The van der Waals surface area contributed by atoms with Crippen molar-refractivity contribution in [1.29, 1.82) is 0 Å². The summed E-state index contributed by atoms with van der Waals surface area (Å²) in [5.74, 6) is -1.41. The van der Waals surface area contributed by atoms with Crippen molar-refractivity contribution >= 4 is 23.4 Å². The highest BCUT2D eigenvalue weighted by molar-refractivity contribution is 6.23. The summed E-state index contributed by atoms with van der Waals surface area (Å²) in [6.07, 6.45) is 2.90. The maximum Gasteiger partial charge on any atom is 0.262 e. The molecule has 8 nitrogen and oxygen atoms in total. The molecule has 1 aliphatic heterocycles. The number of benzene rings is 2. The molecule has 0 saturated heterocycles. The van der Waals surface area contributed by atoms with E-state index in [9.17, 15) is 14.4 Å². The molecule has 0 aliphatic carbocycles. The van der Waals surface area contributed by atoms with Gasteiger partial charge in [0.2, 0.25) is 5.91 Å². The SMILES string of the molecule is CC(C(=O)Nc1ccccc1-n1cncn1)N1C(=O)c2ccccc2C1=O. The third kappa shape index (κ3) is 2.77. The summed E-state index contributed by atoms with van der Waals surface area (Å²) in [5, 5.41) is 6.83. The molecule has 3 aromatic rings. The van der Waals surface area contributed by atoms with Gasteiger partial charge in [0.1, 0.15) is 18.7 Å². The molecule has 0 saturated carbocycles. The van der Waals surface area contributed by atoms with Gasteiger partial charge in [-0.25, -0.2) is 9.67 Å². The fourth-order valence-corrected chi connectivity index (χ4v) is 3.03. The molecule has 3 amide bonds. The number of imide groups is 1. The molecule has 1 N–H and O–H groups in total. The van der Waals surface area contributed by atoms with E-state index in [1.54, 1.807) is 48.5 Å². The van der Waals surface area contributed by atoms with E-state index >= 15 is 0 Å². The van der Waals surface area contributed by atoms with Crippen molar-refractivity contribution < 1.29 is 14.4 Å². The first-order valence-electron chi connectivity index (χ1n) is 8.29. The van der Waals surface area contributed by atoms with E-state index in [0.29, 0.717) is 22.5 Å². The Kier molecular flexibility index (Phi) is 4.00. The summed E-state index contributed by atoms with van der Waals surface area (Å²) in [6.45, 7) is 1.52. The lowest BCUT2D eigenvalue weighted by Crippen LogP contribution is -2.45. The monoisotopic (exact) mass is 361 g/mol. The molecule has 1 aromatic heterocycles. The van der Waals surface area contributed by atoms with Crippen LogP contribution in [0.1, 0.15) is 27.6 Å². The van der Waals surface area contributed by atoms with Crippen molar-refractivity contribution in [1.82, 2.24) is 19.7 Å².